The number of halogens is 2. The maximum Gasteiger partial charge on any atom is 0.387 e. The van der Waals surface area contributed by atoms with Crippen molar-refractivity contribution < 1.29 is 23.4 Å². The standard InChI is InChI=1S/C18H13F2NO3/c19-18(20)24-16-7-5-15(6-8-16)21-10-9-14(11-21)12-1-3-13(4-2-12)17(22)23/h1-11,18H,(H,22,23). The van der Waals surface area contributed by atoms with Crippen LogP contribution in [0.5, 0.6) is 5.75 Å². The Kier molecular flexibility index (Phi) is 4.29. The minimum absolute atomic E-state index is 0.102. The number of benzene rings is 2. The second kappa shape index (κ2) is 6.54. The van der Waals surface area contributed by atoms with Crippen LogP contribution in [0.25, 0.3) is 16.8 Å². The van der Waals surface area contributed by atoms with Crippen molar-refractivity contribution in [3.05, 3.63) is 72.6 Å². The summed E-state index contributed by atoms with van der Waals surface area (Å²) in [6, 6.07) is 14.8. The van der Waals surface area contributed by atoms with Crippen LogP contribution in [0.15, 0.2) is 67.0 Å². The third-order valence-electron chi connectivity index (χ3n) is 3.52. The zero-order chi connectivity index (χ0) is 17.1. The lowest BCUT2D eigenvalue weighted by Gasteiger charge is -2.06. The summed E-state index contributed by atoms with van der Waals surface area (Å²) < 4.78 is 30.5. The van der Waals surface area contributed by atoms with Crippen LogP contribution in [0.2, 0.25) is 0 Å². The molecule has 4 nitrogen and oxygen atoms in total. The number of ether oxygens (including phenoxy) is 1. The normalized spacial score (nSPS) is 10.8. The van der Waals surface area contributed by atoms with Crippen molar-refractivity contribution in [2.24, 2.45) is 0 Å². The molecule has 1 N–H and O–H groups in total. The number of nitrogens with zero attached hydrogens (tertiary/aromatic N) is 1. The van der Waals surface area contributed by atoms with E-state index in [0.29, 0.717) is 0 Å². The summed E-state index contributed by atoms with van der Waals surface area (Å²) in [5.41, 5.74) is 2.83. The molecule has 0 atom stereocenters. The van der Waals surface area contributed by atoms with E-state index < -0.39 is 12.6 Å². The van der Waals surface area contributed by atoms with E-state index in [2.05, 4.69) is 4.74 Å². The van der Waals surface area contributed by atoms with Gasteiger partial charge in [0.2, 0.25) is 0 Å². The highest BCUT2D eigenvalue weighted by molar-refractivity contribution is 5.88. The van der Waals surface area contributed by atoms with Crippen molar-refractivity contribution in [3.8, 4) is 22.6 Å². The molecule has 24 heavy (non-hydrogen) atoms. The molecule has 122 valence electrons. The third kappa shape index (κ3) is 3.43. The average molecular weight is 329 g/mol. The fourth-order valence-corrected chi connectivity index (χ4v) is 2.33. The second-order valence-corrected chi connectivity index (χ2v) is 5.06. The highest BCUT2D eigenvalue weighted by atomic mass is 19.3. The highest BCUT2D eigenvalue weighted by Crippen LogP contribution is 2.23. The lowest BCUT2D eigenvalue weighted by molar-refractivity contribution is -0.0498. The van der Waals surface area contributed by atoms with Gasteiger partial charge >= 0.3 is 12.6 Å². The van der Waals surface area contributed by atoms with E-state index in [1.165, 1.54) is 12.1 Å². The summed E-state index contributed by atoms with van der Waals surface area (Å²) in [6.45, 7) is -2.84. The number of rotatable bonds is 5. The first kappa shape index (κ1) is 15.7. The van der Waals surface area contributed by atoms with E-state index in [4.69, 9.17) is 5.11 Å². The van der Waals surface area contributed by atoms with Gasteiger partial charge in [-0.05, 0) is 53.6 Å². The smallest absolute Gasteiger partial charge is 0.387 e. The van der Waals surface area contributed by atoms with Gasteiger partial charge in [-0.25, -0.2) is 4.79 Å². The van der Waals surface area contributed by atoms with E-state index in [1.807, 2.05) is 23.0 Å². The van der Waals surface area contributed by atoms with Gasteiger partial charge in [-0.1, -0.05) is 12.1 Å². The Morgan fingerprint density at radius 3 is 2.21 bits per heavy atom. The molecule has 0 saturated carbocycles. The summed E-state index contributed by atoms with van der Waals surface area (Å²) in [4.78, 5) is 10.9. The minimum Gasteiger partial charge on any atom is -0.478 e. The number of aromatic carboxylic acids is 1. The van der Waals surface area contributed by atoms with Gasteiger partial charge in [0.1, 0.15) is 5.75 Å². The molecule has 0 amide bonds. The average Bonchev–Trinajstić information content (AvgIpc) is 3.05. The first-order valence-corrected chi connectivity index (χ1v) is 7.10. The van der Waals surface area contributed by atoms with Crippen LogP contribution in [-0.2, 0) is 0 Å². The maximum atomic E-state index is 12.1. The molecule has 3 aromatic rings. The van der Waals surface area contributed by atoms with Gasteiger partial charge in [-0.15, -0.1) is 0 Å². The van der Waals surface area contributed by atoms with Crippen LogP contribution >= 0.6 is 0 Å². The summed E-state index contributed by atoms with van der Waals surface area (Å²) in [7, 11) is 0. The van der Waals surface area contributed by atoms with Gasteiger partial charge in [-0.3, -0.25) is 0 Å². The zero-order valence-electron chi connectivity index (χ0n) is 12.4. The summed E-state index contributed by atoms with van der Waals surface area (Å²) in [6.07, 6.45) is 3.71. The third-order valence-corrected chi connectivity index (χ3v) is 3.52. The molecule has 0 unspecified atom stereocenters. The lowest BCUT2D eigenvalue weighted by Crippen LogP contribution is -2.01. The molecule has 0 aliphatic heterocycles. The number of alkyl halides is 2. The lowest BCUT2D eigenvalue weighted by atomic mass is 10.1. The number of aromatic nitrogens is 1. The predicted molar refractivity (Wildman–Crippen MR) is 84.8 cm³/mol. The molecule has 0 aliphatic rings. The SMILES string of the molecule is O=C(O)c1ccc(-c2ccn(-c3ccc(OC(F)F)cc3)c2)cc1. The van der Waals surface area contributed by atoms with Gasteiger partial charge in [0, 0.05) is 18.1 Å². The van der Waals surface area contributed by atoms with Crippen LogP contribution in [-0.4, -0.2) is 22.3 Å². The number of hydrogen-bond acceptors (Lipinski definition) is 2. The van der Waals surface area contributed by atoms with Crippen molar-refractivity contribution in [3.63, 3.8) is 0 Å². The van der Waals surface area contributed by atoms with Gasteiger partial charge in [-0.2, -0.15) is 8.78 Å². The largest absolute Gasteiger partial charge is 0.478 e. The quantitative estimate of drug-likeness (QED) is 0.753. The van der Waals surface area contributed by atoms with Crippen LogP contribution in [0, 0.1) is 0 Å². The minimum atomic E-state index is -2.84. The second-order valence-electron chi connectivity index (χ2n) is 5.06. The molecule has 0 fully saturated rings. The Morgan fingerprint density at radius 2 is 1.62 bits per heavy atom. The number of carboxylic acids is 1. The van der Waals surface area contributed by atoms with Crippen LogP contribution in [0.4, 0.5) is 8.78 Å². The van der Waals surface area contributed by atoms with Crippen molar-refractivity contribution in [2.45, 2.75) is 6.61 Å². The van der Waals surface area contributed by atoms with E-state index in [-0.39, 0.29) is 11.3 Å². The van der Waals surface area contributed by atoms with E-state index in [1.54, 1.807) is 36.4 Å². The van der Waals surface area contributed by atoms with Crippen molar-refractivity contribution in [1.29, 1.82) is 0 Å². The van der Waals surface area contributed by atoms with Crippen molar-refractivity contribution in [1.82, 2.24) is 4.57 Å². The molecule has 0 radical (unpaired) electrons. The molecule has 0 saturated heterocycles. The molecular formula is C18H13F2NO3. The molecule has 2 aromatic carbocycles. The Hall–Kier alpha value is -3.15. The summed E-state index contributed by atoms with van der Waals surface area (Å²) in [5, 5.41) is 8.91. The topological polar surface area (TPSA) is 51.5 Å². The predicted octanol–water partition coefficient (Wildman–Crippen LogP) is 4.44. The van der Waals surface area contributed by atoms with Crippen molar-refractivity contribution >= 4 is 5.97 Å². The molecule has 0 spiro atoms. The fourth-order valence-electron chi connectivity index (χ4n) is 2.33. The van der Waals surface area contributed by atoms with E-state index in [9.17, 15) is 13.6 Å². The first-order valence-electron chi connectivity index (χ1n) is 7.10. The Labute approximate surface area is 136 Å². The first-order chi connectivity index (χ1) is 11.5. The van der Waals surface area contributed by atoms with Crippen LogP contribution in [0.1, 0.15) is 10.4 Å². The van der Waals surface area contributed by atoms with E-state index in [0.717, 1.165) is 16.8 Å². The number of hydrogen-bond donors (Lipinski definition) is 1. The summed E-state index contributed by atoms with van der Waals surface area (Å²) >= 11 is 0. The molecule has 1 aromatic heterocycles. The van der Waals surface area contributed by atoms with Crippen LogP contribution < -0.4 is 4.74 Å². The van der Waals surface area contributed by atoms with Gasteiger partial charge in [0.05, 0.1) is 5.56 Å². The fraction of sp³-hybridized carbons (Fsp3) is 0.0556. The molecule has 3 rings (SSSR count). The molecular weight excluding hydrogens is 316 g/mol. The van der Waals surface area contributed by atoms with Crippen molar-refractivity contribution in [2.75, 3.05) is 0 Å². The van der Waals surface area contributed by atoms with Gasteiger partial charge < -0.3 is 14.4 Å². The highest BCUT2D eigenvalue weighted by Gasteiger charge is 2.07. The number of carboxylic acid groups (broad SMARTS) is 1. The summed E-state index contributed by atoms with van der Waals surface area (Å²) in [5.74, 6) is -0.865. The molecule has 0 aliphatic carbocycles. The van der Waals surface area contributed by atoms with Crippen LogP contribution in [0.3, 0.4) is 0 Å². The van der Waals surface area contributed by atoms with Gasteiger partial charge in [0.25, 0.3) is 0 Å². The molecule has 6 heteroatoms. The monoisotopic (exact) mass is 329 g/mol. The zero-order valence-corrected chi connectivity index (χ0v) is 12.4. The van der Waals surface area contributed by atoms with E-state index >= 15 is 0 Å². The Balaban J connectivity index is 1.81. The Morgan fingerprint density at radius 1 is 0.958 bits per heavy atom. The molecule has 1 heterocycles. The number of carbonyl (C=O) groups is 1. The Bertz CT molecular complexity index is 839. The molecule has 0 bridgehead atoms. The maximum absolute atomic E-state index is 12.1. The van der Waals surface area contributed by atoms with Gasteiger partial charge in [0.15, 0.2) is 0 Å².